The van der Waals surface area contributed by atoms with Crippen LogP contribution in [-0.2, 0) is 19.3 Å². The second-order valence-corrected chi connectivity index (χ2v) is 10.3. The van der Waals surface area contributed by atoms with Crippen molar-refractivity contribution >= 4 is 5.84 Å². The Bertz CT molecular complexity index is 1300. The number of fused-ring (bicyclic) bond motifs is 2. The molecule has 1 fully saturated rings. The highest BCUT2D eigenvalue weighted by Crippen LogP contribution is 2.29. The fourth-order valence-electron chi connectivity index (χ4n) is 5.73. The first-order chi connectivity index (χ1) is 18.0. The first kappa shape index (κ1) is 23.3. The zero-order chi connectivity index (χ0) is 25.4. The van der Waals surface area contributed by atoms with E-state index >= 15 is 0 Å². The van der Waals surface area contributed by atoms with Crippen LogP contribution in [0.4, 0.5) is 0 Å². The summed E-state index contributed by atoms with van der Waals surface area (Å²) in [5.74, 6) is 2.99. The summed E-state index contributed by atoms with van der Waals surface area (Å²) >= 11 is 0. The Morgan fingerprint density at radius 3 is 1.73 bits per heavy atom. The summed E-state index contributed by atoms with van der Waals surface area (Å²) in [7, 11) is 0. The van der Waals surface area contributed by atoms with Crippen LogP contribution in [0.5, 0.6) is 17.2 Å². The van der Waals surface area contributed by atoms with Gasteiger partial charge in [0.1, 0.15) is 28.9 Å². The van der Waals surface area contributed by atoms with Crippen molar-refractivity contribution in [2.45, 2.75) is 37.4 Å². The van der Waals surface area contributed by atoms with E-state index in [0.717, 1.165) is 50.6 Å². The van der Waals surface area contributed by atoms with Gasteiger partial charge in [0.2, 0.25) is 0 Å². The number of amidine groups is 1. The van der Waals surface area contributed by atoms with Gasteiger partial charge in [0.25, 0.3) is 0 Å². The molecule has 0 aromatic heterocycles. The molecule has 0 unspecified atom stereocenters. The van der Waals surface area contributed by atoms with Crippen molar-refractivity contribution in [2.24, 2.45) is 4.99 Å². The molecule has 7 heteroatoms. The van der Waals surface area contributed by atoms with Crippen LogP contribution in [0, 0.1) is 0 Å². The third-order valence-corrected chi connectivity index (χ3v) is 7.63. The molecular formula is C30H32N4O3. The second-order valence-electron chi connectivity index (χ2n) is 10.3. The first-order valence-corrected chi connectivity index (χ1v) is 12.9. The summed E-state index contributed by atoms with van der Waals surface area (Å²) in [5.41, 5.74) is 3.58. The second kappa shape index (κ2) is 9.73. The van der Waals surface area contributed by atoms with Crippen LogP contribution >= 0.6 is 0 Å². The van der Waals surface area contributed by atoms with E-state index in [1.807, 2.05) is 36.4 Å². The monoisotopic (exact) mass is 496 g/mol. The lowest BCUT2D eigenvalue weighted by atomic mass is 10.0. The number of nitrogens with zero attached hydrogens (tertiary/aromatic N) is 3. The van der Waals surface area contributed by atoms with Crippen molar-refractivity contribution < 1.29 is 15.3 Å². The number of aliphatic imine (C=N–C) groups is 1. The zero-order valence-electron chi connectivity index (χ0n) is 20.7. The smallest absolute Gasteiger partial charge is 0.127 e. The molecule has 3 aliphatic rings. The molecule has 6 rings (SSSR count). The number of rotatable bonds is 6. The SMILES string of the molecule is Oc1ccc(C[C@H]2CN3C(=CC4=NC[C@H](Cc5ccc(O)cc5)N4C[C@@H]3Cc3ccc(O)cc3)N2)cc1. The maximum absolute atomic E-state index is 9.78. The van der Waals surface area contributed by atoms with Gasteiger partial charge in [-0.25, -0.2) is 0 Å². The van der Waals surface area contributed by atoms with Gasteiger partial charge in [-0.1, -0.05) is 36.4 Å². The van der Waals surface area contributed by atoms with Crippen molar-refractivity contribution in [3.8, 4) is 17.2 Å². The van der Waals surface area contributed by atoms with E-state index in [4.69, 9.17) is 4.99 Å². The molecule has 0 spiro atoms. The quantitative estimate of drug-likeness (QED) is 0.418. The maximum atomic E-state index is 9.78. The molecule has 3 heterocycles. The highest BCUT2D eigenvalue weighted by molar-refractivity contribution is 5.95. The van der Waals surface area contributed by atoms with E-state index in [1.165, 1.54) is 16.7 Å². The van der Waals surface area contributed by atoms with Crippen molar-refractivity contribution in [3.63, 3.8) is 0 Å². The van der Waals surface area contributed by atoms with Gasteiger partial charge in [0, 0.05) is 25.2 Å². The molecule has 37 heavy (non-hydrogen) atoms. The topological polar surface area (TPSA) is 91.6 Å². The molecule has 4 N–H and O–H groups in total. The summed E-state index contributed by atoms with van der Waals surface area (Å²) in [6.07, 6.45) is 4.81. The fraction of sp³-hybridized carbons (Fsp3) is 0.300. The molecule has 190 valence electrons. The molecule has 0 radical (unpaired) electrons. The van der Waals surface area contributed by atoms with Gasteiger partial charge in [-0.05, 0) is 72.4 Å². The lowest BCUT2D eigenvalue weighted by Gasteiger charge is -2.34. The van der Waals surface area contributed by atoms with Crippen LogP contribution < -0.4 is 5.32 Å². The highest BCUT2D eigenvalue weighted by Gasteiger charge is 2.39. The van der Waals surface area contributed by atoms with Crippen LogP contribution in [0.25, 0.3) is 0 Å². The van der Waals surface area contributed by atoms with E-state index in [0.29, 0.717) is 0 Å². The summed E-state index contributed by atoms with van der Waals surface area (Å²) in [6, 6.07) is 23.2. The van der Waals surface area contributed by atoms with Crippen LogP contribution in [0.2, 0.25) is 0 Å². The Labute approximate surface area is 217 Å². The molecule has 3 atom stereocenters. The predicted octanol–water partition coefficient (Wildman–Crippen LogP) is 3.41. The van der Waals surface area contributed by atoms with Gasteiger partial charge >= 0.3 is 0 Å². The Balaban J connectivity index is 1.25. The Kier molecular flexibility index (Phi) is 6.12. The Morgan fingerprint density at radius 1 is 0.649 bits per heavy atom. The molecular weight excluding hydrogens is 464 g/mol. The van der Waals surface area contributed by atoms with Gasteiger partial charge in [-0.15, -0.1) is 0 Å². The number of nitrogens with one attached hydrogen (secondary N) is 1. The van der Waals surface area contributed by atoms with E-state index in [1.54, 1.807) is 36.4 Å². The van der Waals surface area contributed by atoms with Gasteiger partial charge in [-0.3, -0.25) is 4.99 Å². The zero-order valence-corrected chi connectivity index (χ0v) is 20.7. The van der Waals surface area contributed by atoms with Crippen molar-refractivity contribution in [3.05, 3.63) is 101 Å². The molecule has 0 amide bonds. The molecule has 3 aromatic carbocycles. The summed E-state index contributed by atoms with van der Waals surface area (Å²) < 4.78 is 0. The average Bonchev–Trinajstić information content (AvgIpc) is 3.43. The largest absolute Gasteiger partial charge is 0.508 e. The minimum absolute atomic E-state index is 0.237. The lowest BCUT2D eigenvalue weighted by molar-refractivity contribution is 0.215. The number of hydrogen-bond donors (Lipinski definition) is 4. The predicted molar refractivity (Wildman–Crippen MR) is 144 cm³/mol. The van der Waals surface area contributed by atoms with Crippen LogP contribution in [0.1, 0.15) is 16.7 Å². The average molecular weight is 497 g/mol. The van der Waals surface area contributed by atoms with Gasteiger partial charge in [-0.2, -0.15) is 0 Å². The summed E-state index contributed by atoms with van der Waals surface area (Å²) in [6.45, 7) is 2.50. The number of aromatic hydroxyl groups is 3. The third kappa shape index (κ3) is 5.07. The number of benzene rings is 3. The normalized spacial score (nSPS) is 22.5. The van der Waals surface area contributed by atoms with Crippen LogP contribution in [0.15, 0.2) is 89.7 Å². The van der Waals surface area contributed by atoms with Gasteiger partial charge in [0.15, 0.2) is 0 Å². The Morgan fingerprint density at radius 2 is 1.16 bits per heavy atom. The van der Waals surface area contributed by atoms with Crippen molar-refractivity contribution in [2.75, 3.05) is 19.6 Å². The minimum atomic E-state index is 0.237. The van der Waals surface area contributed by atoms with Crippen LogP contribution in [0.3, 0.4) is 0 Å². The molecule has 0 bridgehead atoms. The van der Waals surface area contributed by atoms with E-state index in [9.17, 15) is 15.3 Å². The number of phenolic OH excluding ortho intramolecular Hbond substituents is 3. The summed E-state index contributed by atoms with van der Waals surface area (Å²) in [5, 5.41) is 32.9. The molecule has 3 aromatic rings. The summed E-state index contributed by atoms with van der Waals surface area (Å²) in [4.78, 5) is 9.86. The lowest BCUT2D eigenvalue weighted by Crippen LogP contribution is -2.46. The minimum Gasteiger partial charge on any atom is -0.508 e. The Hall–Kier alpha value is -4.13. The molecule has 0 aliphatic carbocycles. The highest BCUT2D eigenvalue weighted by atomic mass is 16.3. The van der Waals surface area contributed by atoms with E-state index in [-0.39, 0.29) is 35.4 Å². The number of phenols is 3. The molecule has 0 saturated carbocycles. The van der Waals surface area contributed by atoms with Gasteiger partial charge < -0.3 is 30.4 Å². The number of hydrogen-bond acceptors (Lipinski definition) is 7. The molecule has 1 saturated heterocycles. The van der Waals surface area contributed by atoms with Crippen molar-refractivity contribution in [1.82, 2.24) is 15.1 Å². The van der Waals surface area contributed by atoms with E-state index < -0.39 is 0 Å². The molecule has 7 nitrogen and oxygen atoms in total. The maximum Gasteiger partial charge on any atom is 0.127 e. The standard InChI is InChI=1S/C30H32N4O3/c35-26-7-1-20(2-8-26)13-23-18-33-25(15-22-5-11-28(37)12-6-22)19-34-24(14-21-3-9-27(36)10-4-21)17-31-29(34)16-30(33)32-23/h1-12,16,23-25,32,35-37H,13-15,17-19H2/t23-,24-,25-/m0/s1. The third-order valence-electron chi connectivity index (χ3n) is 7.63. The van der Waals surface area contributed by atoms with Crippen molar-refractivity contribution in [1.29, 1.82) is 0 Å². The van der Waals surface area contributed by atoms with Gasteiger partial charge in [0.05, 0.1) is 18.6 Å². The molecule has 3 aliphatic heterocycles. The van der Waals surface area contributed by atoms with E-state index in [2.05, 4.69) is 21.2 Å². The van der Waals surface area contributed by atoms with Crippen LogP contribution in [-0.4, -0.2) is 68.7 Å². The fourth-order valence-corrected chi connectivity index (χ4v) is 5.73. The first-order valence-electron chi connectivity index (χ1n) is 12.9.